The van der Waals surface area contributed by atoms with Gasteiger partial charge in [-0.1, -0.05) is 36.4 Å². The van der Waals surface area contributed by atoms with Crippen molar-refractivity contribution in [3.63, 3.8) is 0 Å². The van der Waals surface area contributed by atoms with Gasteiger partial charge in [0.2, 0.25) is 9.84 Å². The molecule has 0 saturated heterocycles. The Labute approximate surface area is 156 Å². The molecule has 0 amide bonds. The van der Waals surface area contributed by atoms with Gasteiger partial charge in [0, 0.05) is 6.07 Å². The van der Waals surface area contributed by atoms with Crippen LogP contribution >= 0.6 is 0 Å². The van der Waals surface area contributed by atoms with Gasteiger partial charge in [-0.25, -0.2) is 16.8 Å². The Balaban J connectivity index is 2.14. The van der Waals surface area contributed by atoms with Crippen LogP contribution < -0.4 is 4.54 Å². The molecule has 0 aliphatic carbocycles. The average Bonchev–Trinajstić information content (AvgIpc) is 2.61. The molecule has 0 radical (unpaired) electrons. The summed E-state index contributed by atoms with van der Waals surface area (Å²) in [5.41, 5.74) is 0.995. The van der Waals surface area contributed by atoms with Crippen molar-refractivity contribution in [1.29, 1.82) is 0 Å². The molecule has 0 fully saturated rings. The summed E-state index contributed by atoms with van der Waals surface area (Å²) in [6.45, 7) is 3.25. The number of benzene rings is 2. The van der Waals surface area contributed by atoms with Gasteiger partial charge in [0.15, 0.2) is 9.57 Å². The maximum absolute atomic E-state index is 12.8. The first-order chi connectivity index (χ1) is 12.7. The SMILES string of the molecule is Cc1ccccc1S(=O)(=O)c1ccc(S(=O)(=O)c2ccccc2C)[n+](=O)[nH]1. The second kappa shape index (κ2) is 6.75. The quantitative estimate of drug-likeness (QED) is 0.670. The first-order valence-electron chi connectivity index (χ1n) is 7.93. The molecule has 2 aromatic carbocycles. The van der Waals surface area contributed by atoms with Gasteiger partial charge in [-0.2, -0.15) is 0 Å². The van der Waals surface area contributed by atoms with Crippen LogP contribution in [-0.4, -0.2) is 21.9 Å². The third kappa shape index (κ3) is 3.31. The number of aromatic amines is 1. The van der Waals surface area contributed by atoms with E-state index >= 15 is 0 Å². The number of H-pyrrole nitrogens is 1. The van der Waals surface area contributed by atoms with Crippen LogP contribution in [0.15, 0.2) is 80.5 Å². The summed E-state index contributed by atoms with van der Waals surface area (Å²) < 4.78 is 51.0. The Morgan fingerprint density at radius 2 is 1.19 bits per heavy atom. The minimum Gasteiger partial charge on any atom is -0.217 e. The van der Waals surface area contributed by atoms with E-state index in [9.17, 15) is 21.7 Å². The Morgan fingerprint density at radius 3 is 1.67 bits per heavy atom. The number of nitrogens with one attached hydrogen (secondary N) is 1. The number of aromatic nitrogens is 2. The summed E-state index contributed by atoms with van der Waals surface area (Å²) in [6, 6.07) is 14.6. The van der Waals surface area contributed by atoms with Gasteiger partial charge in [-0.15, -0.1) is 5.10 Å². The highest BCUT2D eigenvalue weighted by Crippen LogP contribution is 2.24. The van der Waals surface area contributed by atoms with E-state index in [0.29, 0.717) is 11.1 Å². The molecule has 0 spiro atoms. The maximum Gasteiger partial charge on any atom is 0.386 e. The zero-order chi connectivity index (χ0) is 19.8. The fraction of sp³-hybridized carbons (Fsp3) is 0.111. The number of hydrogen-bond acceptors (Lipinski definition) is 5. The van der Waals surface area contributed by atoms with Crippen LogP contribution in [0.5, 0.6) is 0 Å². The monoisotopic (exact) mass is 405 g/mol. The van der Waals surface area contributed by atoms with Crippen LogP contribution in [0.25, 0.3) is 0 Å². The van der Waals surface area contributed by atoms with E-state index in [1.165, 1.54) is 12.1 Å². The van der Waals surface area contributed by atoms with E-state index in [1.54, 1.807) is 50.2 Å². The normalized spacial score (nSPS) is 12.1. The molecular formula is C18H17N2O5S2+. The van der Waals surface area contributed by atoms with Gasteiger partial charge in [0.25, 0.3) is 9.84 Å². The van der Waals surface area contributed by atoms with E-state index in [2.05, 4.69) is 5.10 Å². The Morgan fingerprint density at radius 1 is 0.704 bits per heavy atom. The van der Waals surface area contributed by atoms with Crippen LogP contribution in [0.3, 0.4) is 0 Å². The molecule has 0 atom stereocenters. The third-order valence-corrected chi connectivity index (χ3v) is 7.85. The van der Waals surface area contributed by atoms with Crippen LogP contribution in [0.4, 0.5) is 0 Å². The second-order valence-corrected chi connectivity index (χ2v) is 9.73. The summed E-state index contributed by atoms with van der Waals surface area (Å²) in [6.07, 6.45) is 0. The highest BCUT2D eigenvalue weighted by molar-refractivity contribution is 7.91. The molecule has 3 aromatic rings. The topological polar surface area (TPSA) is 107 Å². The van der Waals surface area contributed by atoms with Crippen molar-refractivity contribution >= 4 is 19.7 Å². The first-order valence-corrected chi connectivity index (χ1v) is 10.9. The van der Waals surface area contributed by atoms with Crippen LogP contribution in [0.1, 0.15) is 11.1 Å². The van der Waals surface area contributed by atoms with Crippen molar-refractivity contribution in [2.24, 2.45) is 0 Å². The van der Waals surface area contributed by atoms with Crippen molar-refractivity contribution in [3.05, 3.63) is 76.7 Å². The van der Waals surface area contributed by atoms with Crippen LogP contribution in [0.2, 0.25) is 0 Å². The predicted molar refractivity (Wildman–Crippen MR) is 97.4 cm³/mol. The summed E-state index contributed by atoms with van der Waals surface area (Å²) in [5.74, 6) is 0. The highest BCUT2D eigenvalue weighted by Gasteiger charge is 2.32. The standard InChI is InChI=1S/C18H17N2O5S2/c1-13-7-3-5-9-15(13)26(22,23)17-11-12-18(20(21)19-17)27(24,25)16-10-6-4-8-14(16)2/h3-12H,1-2H3,(H,19,21)/q+1. The van der Waals surface area contributed by atoms with E-state index < -0.39 is 29.7 Å². The zero-order valence-corrected chi connectivity index (χ0v) is 16.2. The van der Waals surface area contributed by atoms with Crippen molar-refractivity contribution in [3.8, 4) is 0 Å². The summed E-state index contributed by atoms with van der Waals surface area (Å²) in [5, 5.41) is 1.16. The fourth-order valence-electron chi connectivity index (χ4n) is 2.70. The minimum absolute atomic E-state index is 0.0162. The van der Waals surface area contributed by atoms with Gasteiger partial charge in [0.05, 0.1) is 14.7 Å². The molecule has 0 saturated carbocycles. The molecule has 0 unspecified atom stereocenters. The molecule has 1 N–H and O–H groups in total. The van der Waals surface area contributed by atoms with Crippen molar-refractivity contribution in [2.45, 2.75) is 33.7 Å². The summed E-state index contributed by atoms with van der Waals surface area (Å²) in [7, 11) is -8.11. The molecule has 140 valence electrons. The molecule has 9 heteroatoms. The lowest BCUT2D eigenvalue weighted by Crippen LogP contribution is -2.30. The molecule has 0 aliphatic rings. The number of rotatable bonds is 4. The summed E-state index contributed by atoms with van der Waals surface area (Å²) in [4.78, 5) is 12.4. The minimum atomic E-state index is -4.11. The lowest BCUT2D eigenvalue weighted by Gasteiger charge is -2.06. The van der Waals surface area contributed by atoms with Crippen LogP contribution in [-0.2, 0) is 19.7 Å². The second-order valence-electron chi connectivity index (χ2n) is 5.98. The molecule has 3 rings (SSSR count). The van der Waals surface area contributed by atoms with Crippen LogP contribution in [0, 0.1) is 18.8 Å². The lowest BCUT2D eigenvalue weighted by atomic mass is 10.2. The third-order valence-electron chi connectivity index (χ3n) is 4.12. The first kappa shape index (κ1) is 19.0. The molecule has 0 bridgehead atoms. The Hall–Kier alpha value is -2.78. The largest absolute Gasteiger partial charge is 0.386 e. The molecule has 1 aromatic heterocycles. The highest BCUT2D eigenvalue weighted by atomic mass is 32.2. The van der Waals surface area contributed by atoms with Crippen molar-refractivity contribution in [1.82, 2.24) is 5.10 Å². The Bertz CT molecular complexity index is 1290. The number of nitrogens with zero attached hydrogens (tertiary/aromatic N) is 1. The molecular weight excluding hydrogens is 388 g/mol. The van der Waals surface area contributed by atoms with E-state index in [-0.39, 0.29) is 14.3 Å². The average molecular weight is 405 g/mol. The van der Waals surface area contributed by atoms with Crippen molar-refractivity contribution < 1.29 is 21.4 Å². The Kier molecular flexibility index (Phi) is 4.75. The van der Waals surface area contributed by atoms with Crippen molar-refractivity contribution in [2.75, 3.05) is 0 Å². The lowest BCUT2D eigenvalue weighted by molar-refractivity contribution is -0.610. The number of sulfone groups is 2. The van der Waals surface area contributed by atoms with E-state index in [1.807, 2.05) is 0 Å². The smallest absolute Gasteiger partial charge is 0.217 e. The maximum atomic E-state index is 12.8. The number of hydrogen-bond donors (Lipinski definition) is 1. The fourth-order valence-corrected chi connectivity index (χ4v) is 5.63. The van der Waals surface area contributed by atoms with Gasteiger partial charge in [-0.3, -0.25) is 0 Å². The van der Waals surface area contributed by atoms with Gasteiger partial charge in [0.1, 0.15) is 0 Å². The summed E-state index contributed by atoms with van der Waals surface area (Å²) >= 11 is 0. The van der Waals surface area contributed by atoms with Gasteiger partial charge >= 0.3 is 5.03 Å². The zero-order valence-electron chi connectivity index (χ0n) is 14.6. The van der Waals surface area contributed by atoms with Gasteiger partial charge < -0.3 is 0 Å². The van der Waals surface area contributed by atoms with E-state index in [0.717, 1.165) is 12.1 Å². The molecule has 0 aliphatic heterocycles. The van der Waals surface area contributed by atoms with E-state index in [4.69, 9.17) is 0 Å². The molecule has 27 heavy (non-hydrogen) atoms. The predicted octanol–water partition coefficient (Wildman–Crippen LogP) is 2.21. The molecule has 1 heterocycles. The number of aryl methyl sites for hydroxylation is 2. The van der Waals surface area contributed by atoms with Gasteiger partial charge in [-0.05, 0) is 43.2 Å². The molecule has 7 nitrogen and oxygen atoms in total.